The minimum absolute atomic E-state index is 0.637. The first kappa shape index (κ1) is 12.4. The van der Waals surface area contributed by atoms with Gasteiger partial charge in [-0.15, -0.1) is 0 Å². The second-order valence-corrected chi connectivity index (χ2v) is 5.43. The highest BCUT2D eigenvalue weighted by Crippen LogP contribution is 2.49. The molecule has 0 radical (unpaired) electrons. The third kappa shape index (κ3) is 2.68. The van der Waals surface area contributed by atoms with Crippen LogP contribution in [0.2, 0.25) is 0 Å². The number of nitrogens with two attached hydrogens (primary N) is 1. The number of pyridine rings is 1. The maximum atomic E-state index is 5.55. The van der Waals surface area contributed by atoms with Gasteiger partial charge >= 0.3 is 0 Å². The van der Waals surface area contributed by atoms with Crippen LogP contribution in [-0.4, -0.2) is 21.1 Å². The lowest BCUT2D eigenvalue weighted by Gasteiger charge is -2.00. The molecule has 0 aromatic carbocycles. The van der Waals surface area contributed by atoms with Gasteiger partial charge in [-0.05, 0) is 50.3 Å². The molecule has 2 N–H and O–H groups in total. The predicted molar refractivity (Wildman–Crippen MR) is 75.2 cm³/mol. The zero-order valence-electron chi connectivity index (χ0n) is 11.3. The maximum Gasteiger partial charge on any atom is 0.137 e. The monoisotopic (exact) mass is 256 g/mol. The molecule has 19 heavy (non-hydrogen) atoms. The van der Waals surface area contributed by atoms with Gasteiger partial charge in [-0.25, -0.2) is 9.97 Å². The summed E-state index contributed by atoms with van der Waals surface area (Å²) in [4.78, 5) is 8.94. The van der Waals surface area contributed by atoms with E-state index in [1.165, 1.54) is 24.1 Å². The van der Waals surface area contributed by atoms with Gasteiger partial charge in [-0.1, -0.05) is 6.07 Å². The summed E-state index contributed by atoms with van der Waals surface area (Å²) < 4.78 is 2.01. The number of aromatic nitrogens is 3. The van der Waals surface area contributed by atoms with E-state index in [1.54, 1.807) is 0 Å². The third-order valence-electron chi connectivity index (χ3n) is 3.84. The van der Waals surface area contributed by atoms with Gasteiger partial charge in [0.2, 0.25) is 0 Å². The van der Waals surface area contributed by atoms with Crippen molar-refractivity contribution < 1.29 is 0 Å². The van der Waals surface area contributed by atoms with E-state index in [9.17, 15) is 0 Å². The molecule has 4 heteroatoms. The molecular weight excluding hydrogens is 236 g/mol. The normalized spacial score (nSPS) is 21.6. The van der Waals surface area contributed by atoms with Crippen LogP contribution in [0.25, 0.3) is 5.82 Å². The number of aryl methyl sites for hydroxylation is 1. The van der Waals surface area contributed by atoms with Gasteiger partial charge in [0.15, 0.2) is 0 Å². The molecule has 3 rings (SSSR count). The van der Waals surface area contributed by atoms with Crippen LogP contribution < -0.4 is 5.73 Å². The predicted octanol–water partition coefficient (Wildman–Crippen LogP) is 2.42. The molecule has 2 heterocycles. The molecule has 0 amide bonds. The van der Waals surface area contributed by atoms with Crippen molar-refractivity contribution >= 4 is 0 Å². The number of imidazole rings is 1. The van der Waals surface area contributed by atoms with Crippen LogP contribution in [0, 0.1) is 12.8 Å². The Balaban J connectivity index is 1.69. The number of hydrogen-bond acceptors (Lipinski definition) is 3. The molecule has 0 aliphatic heterocycles. The molecule has 2 aromatic heterocycles. The molecular formula is C15H20N4. The van der Waals surface area contributed by atoms with Gasteiger partial charge in [0.25, 0.3) is 0 Å². The Morgan fingerprint density at radius 1 is 1.37 bits per heavy atom. The van der Waals surface area contributed by atoms with Crippen LogP contribution >= 0.6 is 0 Å². The number of nitrogens with zero attached hydrogens (tertiary/aromatic N) is 3. The van der Waals surface area contributed by atoms with Crippen molar-refractivity contribution in [3.05, 3.63) is 42.1 Å². The minimum atomic E-state index is 0.637. The van der Waals surface area contributed by atoms with Crippen molar-refractivity contribution in [3.8, 4) is 5.82 Å². The van der Waals surface area contributed by atoms with Crippen LogP contribution in [0.1, 0.15) is 36.4 Å². The Bertz CT molecular complexity index is 544. The molecule has 100 valence electrons. The number of hydrogen-bond donors (Lipinski definition) is 1. The molecule has 1 saturated carbocycles. The van der Waals surface area contributed by atoms with Crippen LogP contribution in [0.3, 0.4) is 0 Å². The summed E-state index contributed by atoms with van der Waals surface area (Å²) in [6.45, 7) is 2.84. The first-order chi connectivity index (χ1) is 9.28. The summed E-state index contributed by atoms with van der Waals surface area (Å²) in [5.41, 5.74) is 7.93. The van der Waals surface area contributed by atoms with E-state index in [4.69, 9.17) is 5.73 Å². The highest BCUT2D eigenvalue weighted by atomic mass is 15.1. The Labute approximate surface area is 113 Å². The summed E-state index contributed by atoms with van der Waals surface area (Å²) >= 11 is 0. The van der Waals surface area contributed by atoms with Crippen molar-refractivity contribution in [2.75, 3.05) is 6.54 Å². The van der Waals surface area contributed by atoms with Gasteiger partial charge in [-0.2, -0.15) is 0 Å². The Hall–Kier alpha value is -1.68. The fraction of sp³-hybridized carbons (Fsp3) is 0.467. The van der Waals surface area contributed by atoms with Crippen LogP contribution in [0.4, 0.5) is 0 Å². The smallest absolute Gasteiger partial charge is 0.137 e. The second-order valence-electron chi connectivity index (χ2n) is 5.43. The molecule has 4 nitrogen and oxygen atoms in total. The molecule has 2 unspecified atom stereocenters. The van der Waals surface area contributed by atoms with Gasteiger partial charge < -0.3 is 5.73 Å². The topological polar surface area (TPSA) is 56.7 Å². The number of rotatable bonds is 5. The van der Waals surface area contributed by atoms with Crippen molar-refractivity contribution in [3.63, 3.8) is 0 Å². The van der Waals surface area contributed by atoms with Crippen molar-refractivity contribution in [1.29, 1.82) is 0 Å². The van der Waals surface area contributed by atoms with E-state index >= 15 is 0 Å². The Morgan fingerprint density at radius 2 is 2.26 bits per heavy atom. The Morgan fingerprint density at radius 3 is 3.00 bits per heavy atom. The highest BCUT2D eigenvalue weighted by Gasteiger charge is 2.39. The molecule has 0 bridgehead atoms. The molecule has 2 atom stereocenters. The Kier molecular flexibility index (Phi) is 3.34. The quantitative estimate of drug-likeness (QED) is 0.893. The fourth-order valence-electron chi connectivity index (χ4n) is 2.58. The van der Waals surface area contributed by atoms with Crippen molar-refractivity contribution in [2.45, 2.75) is 32.1 Å². The summed E-state index contributed by atoms with van der Waals surface area (Å²) in [6, 6.07) is 4.10. The van der Waals surface area contributed by atoms with E-state index in [2.05, 4.69) is 22.2 Å². The summed E-state index contributed by atoms with van der Waals surface area (Å²) in [6.07, 6.45) is 9.49. The lowest BCUT2D eigenvalue weighted by atomic mass is 10.1. The average Bonchev–Trinajstić information content (AvgIpc) is 3.04. The van der Waals surface area contributed by atoms with Crippen molar-refractivity contribution in [1.82, 2.24) is 14.5 Å². The van der Waals surface area contributed by atoms with Gasteiger partial charge in [0, 0.05) is 18.3 Å². The highest BCUT2D eigenvalue weighted by molar-refractivity contribution is 5.27. The molecule has 1 fully saturated rings. The first-order valence-electron chi connectivity index (χ1n) is 6.95. The van der Waals surface area contributed by atoms with Gasteiger partial charge in [-0.3, -0.25) is 4.57 Å². The van der Waals surface area contributed by atoms with E-state index in [0.29, 0.717) is 5.92 Å². The van der Waals surface area contributed by atoms with Crippen LogP contribution in [0.5, 0.6) is 0 Å². The zero-order valence-corrected chi connectivity index (χ0v) is 11.3. The van der Waals surface area contributed by atoms with E-state index in [1.807, 2.05) is 30.1 Å². The molecule has 1 aliphatic rings. The standard InChI is InChI=1S/C15H20N4/c1-11-4-5-15(17-8-11)19-9-14(18-10-19)13-7-12(13)3-2-6-16/h4-5,8-10,12-13H,2-3,6-7,16H2,1H3. The molecule has 1 aliphatic carbocycles. The minimum Gasteiger partial charge on any atom is -0.330 e. The third-order valence-corrected chi connectivity index (χ3v) is 3.84. The van der Waals surface area contributed by atoms with Crippen molar-refractivity contribution in [2.24, 2.45) is 11.7 Å². The average molecular weight is 256 g/mol. The summed E-state index contributed by atoms with van der Waals surface area (Å²) in [5, 5.41) is 0. The summed E-state index contributed by atoms with van der Waals surface area (Å²) in [5.74, 6) is 2.36. The van der Waals surface area contributed by atoms with Crippen LogP contribution in [0.15, 0.2) is 30.9 Å². The first-order valence-corrected chi connectivity index (χ1v) is 6.95. The van der Waals surface area contributed by atoms with Gasteiger partial charge in [0.1, 0.15) is 12.1 Å². The largest absolute Gasteiger partial charge is 0.330 e. The van der Waals surface area contributed by atoms with Gasteiger partial charge in [0.05, 0.1) is 5.69 Å². The van der Waals surface area contributed by atoms with Crippen LogP contribution in [-0.2, 0) is 0 Å². The second kappa shape index (κ2) is 5.13. The summed E-state index contributed by atoms with van der Waals surface area (Å²) in [7, 11) is 0. The zero-order chi connectivity index (χ0) is 13.2. The lowest BCUT2D eigenvalue weighted by molar-refractivity contribution is 0.655. The SMILES string of the molecule is Cc1ccc(-n2cnc(C3CC3CCCN)c2)nc1. The molecule has 0 spiro atoms. The van der Waals surface area contributed by atoms with E-state index in [-0.39, 0.29) is 0 Å². The lowest BCUT2D eigenvalue weighted by Crippen LogP contribution is -1.98. The van der Waals surface area contributed by atoms with E-state index in [0.717, 1.165) is 24.7 Å². The fourth-order valence-corrected chi connectivity index (χ4v) is 2.58. The van der Waals surface area contributed by atoms with E-state index < -0.39 is 0 Å². The molecule has 0 saturated heterocycles. The molecule has 2 aromatic rings. The maximum absolute atomic E-state index is 5.55.